The van der Waals surface area contributed by atoms with Crippen LogP contribution in [0.3, 0.4) is 0 Å². The molecule has 1 rings (SSSR count). The molecule has 0 aliphatic carbocycles. The molecule has 0 aliphatic heterocycles. The largest absolute Gasteiger partial charge is 0.495 e. The Morgan fingerprint density at radius 1 is 1.25 bits per heavy atom. The quantitative estimate of drug-likeness (QED) is 0.641. The van der Waals surface area contributed by atoms with Gasteiger partial charge >= 0.3 is 0 Å². The first-order valence-electron chi connectivity index (χ1n) is 4.21. The summed E-state index contributed by atoms with van der Waals surface area (Å²) in [5.41, 5.74) is 2.22. The molecule has 68 valence electrons. The normalized spacial score (nSPS) is 8.42. The number of methoxy groups -OCH3 is 1. The van der Waals surface area contributed by atoms with Gasteiger partial charge in [-0.25, -0.2) is 0 Å². The molecule has 0 saturated carbocycles. The van der Waals surface area contributed by atoms with Crippen molar-refractivity contribution in [3.63, 3.8) is 0 Å². The second-order valence-electron chi connectivity index (χ2n) is 2.28. The van der Waals surface area contributed by atoms with Crippen molar-refractivity contribution < 1.29 is 4.74 Å². The van der Waals surface area contributed by atoms with Crippen LogP contribution in [-0.2, 0) is 0 Å². The molecule has 1 aromatic heterocycles. The van der Waals surface area contributed by atoms with Crippen LogP contribution in [0, 0.1) is 13.8 Å². The molecule has 1 aromatic rings. The lowest BCUT2D eigenvalue weighted by Gasteiger charge is -2.01. The molecular weight excluding hydrogens is 150 g/mol. The highest BCUT2D eigenvalue weighted by Gasteiger charge is 1.94. The van der Waals surface area contributed by atoms with Gasteiger partial charge in [0.2, 0.25) is 0 Å². The Kier molecular flexibility index (Phi) is 5.09. The lowest BCUT2D eigenvalue weighted by atomic mass is 10.2. The first-order valence-corrected chi connectivity index (χ1v) is 4.21. The van der Waals surface area contributed by atoms with Crippen LogP contribution in [0.2, 0.25) is 0 Å². The van der Waals surface area contributed by atoms with E-state index >= 15 is 0 Å². The van der Waals surface area contributed by atoms with Crippen LogP contribution < -0.4 is 4.74 Å². The Bertz CT molecular complexity index is 233. The van der Waals surface area contributed by atoms with Gasteiger partial charge in [0.1, 0.15) is 5.75 Å². The second kappa shape index (κ2) is 5.58. The molecule has 0 spiro atoms. The average Bonchev–Trinajstić information content (AvgIpc) is 2.13. The predicted octanol–water partition coefficient (Wildman–Crippen LogP) is 2.73. The van der Waals surface area contributed by atoms with Gasteiger partial charge in [-0.2, -0.15) is 0 Å². The minimum absolute atomic E-state index is 0.822. The molecule has 0 radical (unpaired) electrons. The summed E-state index contributed by atoms with van der Waals surface area (Å²) in [5.74, 6) is 0.822. The molecule has 0 fully saturated rings. The average molecular weight is 167 g/mol. The molecule has 0 unspecified atom stereocenters. The van der Waals surface area contributed by atoms with Crippen molar-refractivity contribution in [2.45, 2.75) is 27.7 Å². The molecule has 1 heterocycles. The van der Waals surface area contributed by atoms with E-state index in [-0.39, 0.29) is 0 Å². The van der Waals surface area contributed by atoms with Gasteiger partial charge in [-0.1, -0.05) is 13.8 Å². The van der Waals surface area contributed by atoms with Crippen LogP contribution in [-0.4, -0.2) is 12.1 Å². The van der Waals surface area contributed by atoms with E-state index in [9.17, 15) is 0 Å². The Morgan fingerprint density at radius 3 is 2.25 bits per heavy atom. The summed E-state index contributed by atoms with van der Waals surface area (Å²) in [6.45, 7) is 8.00. The molecule has 0 bridgehead atoms. The van der Waals surface area contributed by atoms with E-state index in [1.165, 1.54) is 5.56 Å². The van der Waals surface area contributed by atoms with Gasteiger partial charge in [0.25, 0.3) is 0 Å². The van der Waals surface area contributed by atoms with Crippen molar-refractivity contribution in [1.82, 2.24) is 4.98 Å². The Morgan fingerprint density at radius 2 is 1.83 bits per heavy atom. The van der Waals surface area contributed by atoms with Crippen LogP contribution in [0.4, 0.5) is 0 Å². The van der Waals surface area contributed by atoms with E-state index in [1.807, 2.05) is 33.8 Å². The topological polar surface area (TPSA) is 22.1 Å². The standard InChI is InChI=1S/C8H11NO.C2H6/c1-6-4-8(10-3)5-9-7(6)2;1-2/h4-5H,1-3H3;1-2H3. The number of rotatable bonds is 1. The molecular formula is C10H17NO. The van der Waals surface area contributed by atoms with Gasteiger partial charge in [0.05, 0.1) is 13.3 Å². The van der Waals surface area contributed by atoms with Crippen LogP contribution in [0.5, 0.6) is 5.75 Å². The van der Waals surface area contributed by atoms with Crippen LogP contribution in [0.15, 0.2) is 12.3 Å². The highest BCUT2D eigenvalue weighted by molar-refractivity contribution is 5.27. The van der Waals surface area contributed by atoms with Crippen molar-refractivity contribution in [3.8, 4) is 5.75 Å². The first-order chi connectivity index (χ1) is 5.74. The summed E-state index contributed by atoms with van der Waals surface area (Å²) in [5, 5.41) is 0. The van der Waals surface area contributed by atoms with E-state index in [4.69, 9.17) is 4.74 Å². The van der Waals surface area contributed by atoms with E-state index in [0.29, 0.717) is 0 Å². The number of aromatic nitrogens is 1. The fourth-order valence-electron chi connectivity index (χ4n) is 0.729. The Labute approximate surface area is 74.6 Å². The molecule has 0 aliphatic rings. The number of nitrogens with zero attached hydrogens (tertiary/aromatic N) is 1. The highest BCUT2D eigenvalue weighted by Crippen LogP contribution is 2.12. The van der Waals surface area contributed by atoms with Crippen molar-refractivity contribution >= 4 is 0 Å². The molecule has 0 atom stereocenters. The molecule has 0 saturated heterocycles. The molecule has 2 heteroatoms. The summed E-state index contributed by atoms with van der Waals surface area (Å²) < 4.78 is 4.99. The molecule has 0 amide bonds. The predicted molar refractivity (Wildman–Crippen MR) is 51.6 cm³/mol. The number of hydrogen-bond acceptors (Lipinski definition) is 2. The maximum atomic E-state index is 4.99. The van der Waals surface area contributed by atoms with Gasteiger partial charge < -0.3 is 4.74 Å². The summed E-state index contributed by atoms with van der Waals surface area (Å²) in [4.78, 5) is 4.12. The second-order valence-corrected chi connectivity index (χ2v) is 2.28. The van der Waals surface area contributed by atoms with Crippen LogP contribution >= 0.6 is 0 Å². The maximum absolute atomic E-state index is 4.99. The third kappa shape index (κ3) is 2.91. The fourth-order valence-corrected chi connectivity index (χ4v) is 0.729. The molecule has 12 heavy (non-hydrogen) atoms. The zero-order valence-electron chi connectivity index (χ0n) is 8.51. The third-order valence-corrected chi connectivity index (χ3v) is 1.55. The van der Waals surface area contributed by atoms with E-state index in [1.54, 1.807) is 13.3 Å². The minimum atomic E-state index is 0.822. The summed E-state index contributed by atoms with van der Waals surface area (Å²) in [7, 11) is 1.64. The molecule has 2 nitrogen and oxygen atoms in total. The van der Waals surface area contributed by atoms with Gasteiger partial charge in [-0.3, -0.25) is 4.98 Å². The fraction of sp³-hybridized carbons (Fsp3) is 0.500. The summed E-state index contributed by atoms with van der Waals surface area (Å²) >= 11 is 0. The van der Waals surface area contributed by atoms with Crippen molar-refractivity contribution in [1.29, 1.82) is 0 Å². The number of aryl methyl sites for hydroxylation is 2. The van der Waals surface area contributed by atoms with Gasteiger partial charge in [-0.05, 0) is 25.5 Å². The van der Waals surface area contributed by atoms with Gasteiger partial charge in [0, 0.05) is 5.69 Å². The van der Waals surface area contributed by atoms with E-state index in [0.717, 1.165) is 11.4 Å². The summed E-state index contributed by atoms with van der Waals surface area (Å²) in [6.07, 6.45) is 1.72. The Balaban J connectivity index is 0.000000561. The zero-order chi connectivity index (χ0) is 9.56. The first kappa shape index (κ1) is 11.0. The zero-order valence-corrected chi connectivity index (χ0v) is 8.51. The number of pyridine rings is 1. The highest BCUT2D eigenvalue weighted by atomic mass is 16.5. The Hall–Kier alpha value is -1.05. The molecule has 0 aromatic carbocycles. The SMILES string of the molecule is CC.COc1cnc(C)c(C)c1. The van der Waals surface area contributed by atoms with Crippen molar-refractivity contribution in [2.24, 2.45) is 0 Å². The van der Waals surface area contributed by atoms with Crippen LogP contribution in [0.1, 0.15) is 25.1 Å². The lowest BCUT2D eigenvalue weighted by molar-refractivity contribution is 0.412. The maximum Gasteiger partial charge on any atom is 0.137 e. The van der Waals surface area contributed by atoms with Crippen molar-refractivity contribution in [3.05, 3.63) is 23.5 Å². The van der Waals surface area contributed by atoms with Crippen LogP contribution in [0.25, 0.3) is 0 Å². The lowest BCUT2D eigenvalue weighted by Crippen LogP contribution is -1.89. The summed E-state index contributed by atoms with van der Waals surface area (Å²) in [6, 6.07) is 1.97. The molecule has 0 N–H and O–H groups in total. The van der Waals surface area contributed by atoms with E-state index in [2.05, 4.69) is 4.98 Å². The van der Waals surface area contributed by atoms with Crippen molar-refractivity contribution in [2.75, 3.05) is 7.11 Å². The number of ether oxygens (including phenoxy) is 1. The van der Waals surface area contributed by atoms with E-state index < -0.39 is 0 Å². The smallest absolute Gasteiger partial charge is 0.137 e. The number of hydrogen-bond donors (Lipinski definition) is 0. The third-order valence-electron chi connectivity index (χ3n) is 1.55. The van der Waals surface area contributed by atoms with Gasteiger partial charge in [-0.15, -0.1) is 0 Å². The monoisotopic (exact) mass is 167 g/mol. The van der Waals surface area contributed by atoms with Gasteiger partial charge in [0.15, 0.2) is 0 Å². The minimum Gasteiger partial charge on any atom is -0.495 e.